The van der Waals surface area contributed by atoms with E-state index < -0.39 is 11.5 Å². The molecule has 0 aliphatic heterocycles. The second-order valence-corrected chi connectivity index (χ2v) is 10.3. The summed E-state index contributed by atoms with van der Waals surface area (Å²) < 4.78 is 0. The lowest BCUT2D eigenvalue weighted by molar-refractivity contribution is -0.149. The molecular formula is C28H55NO3. The molecule has 4 nitrogen and oxygen atoms in total. The number of carbonyl (C=O) groups is 2. The summed E-state index contributed by atoms with van der Waals surface area (Å²) in [5, 5.41) is 13.0. The van der Waals surface area contributed by atoms with Gasteiger partial charge >= 0.3 is 5.97 Å². The quantitative estimate of drug-likeness (QED) is 0.153. The van der Waals surface area contributed by atoms with Gasteiger partial charge in [0.15, 0.2) is 0 Å². The SMILES string of the molecule is CCCCCCCCCCCC(=O)N[C@@](CCCCCCCCCC)(CC(C)C)C(=O)O. The predicted octanol–water partition coefficient (Wildman–Crippen LogP) is 8.42. The van der Waals surface area contributed by atoms with Gasteiger partial charge < -0.3 is 10.4 Å². The maximum absolute atomic E-state index is 12.6. The van der Waals surface area contributed by atoms with Crippen LogP contribution in [0.25, 0.3) is 0 Å². The molecule has 0 radical (unpaired) electrons. The summed E-state index contributed by atoms with van der Waals surface area (Å²) in [5.41, 5.74) is -1.10. The number of aliphatic carboxylic acids is 1. The van der Waals surface area contributed by atoms with Crippen LogP contribution in [0.5, 0.6) is 0 Å². The standard InChI is InChI=1S/C28H55NO3/c1-5-7-9-11-13-15-16-18-20-22-26(30)29-28(27(31)32,24-25(3)4)23-21-19-17-14-12-10-8-6-2/h25H,5-24H2,1-4H3,(H,29,30)(H,31,32)/t28-/m0/s1. The first-order chi connectivity index (χ1) is 15.4. The average Bonchev–Trinajstić information content (AvgIpc) is 2.73. The second-order valence-electron chi connectivity index (χ2n) is 10.3. The van der Waals surface area contributed by atoms with E-state index in [4.69, 9.17) is 0 Å². The lowest BCUT2D eigenvalue weighted by Gasteiger charge is -2.32. The molecule has 0 bridgehead atoms. The highest BCUT2D eigenvalue weighted by Crippen LogP contribution is 2.25. The van der Waals surface area contributed by atoms with Crippen LogP contribution in [0.1, 0.15) is 156 Å². The zero-order chi connectivity index (χ0) is 24.1. The molecule has 0 saturated heterocycles. The summed E-state index contributed by atoms with van der Waals surface area (Å²) in [6.07, 6.45) is 21.8. The van der Waals surface area contributed by atoms with Crippen molar-refractivity contribution in [2.45, 2.75) is 162 Å². The van der Waals surface area contributed by atoms with E-state index in [-0.39, 0.29) is 11.8 Å². The Hall–Kier alpha value is -1.06. The normalized spacial score (nSPS) is 13.3. The van der Waals surface area contributed by atoms with Crippen molar-refractivity contribution < 1.29 is 14.7 Å². The molecule has 0 aromatic rings. The van der Waals surface area contributed by atoms with Crippen molar-refractivity contribution >= 4 is 11.9 Å². The molecular weight excluding hydrogens is 398 g/mol. The molecule has 0 fully saturated rings. The predicted molar refractivity (Wildman–Crippen MR) is 137 cm³/mol. The number of carboxylic acids is 1. The Bertz CT molecular complexity index is 464. The first-order valence-electron chi connectivity index (χ1n) is 13.9. The first kappa shape index (κ1) is 30.9. The molecule has 0 rings (SSSR count). The molecule has 190 valence electrons. The van der Waals surface area contributed by atoms with E-state index in [9.17, 15) is 14.7 Å². The highest BCUT2D eigenvalue weighted by Gasteiger charge is 2.39. The molecule has 0 aromatic carbocycles. The summed E-state index contributed by atoms with van der Waals surface area (Å²) in [5.74, 6) is -0.724. The molecule has 1 atom stereocenters. The average molecular weight is 454 g/mol. The fraction of sp³-hybridized carbons (Fsp3) is 0.929. The van der Waals surface area contributed by atoms with Crippen molar-refractivity contribution in [1.82, 2.24) is 5.32 Å². The van der Waals surface area contributed by atoms with Gasteiger partial charge in [0.25, 0.3) is 0 Å². The molecule has 0 aliphatic rings. The third kappa shape index (κ3) is 16.6. The van der Waals surface area contributed by atoms with E-state index in [1.54, 1.807) is 0 Å². The van der Waals surface area contributed by atoms with Crippen LogP contribution in [0, 0.1) is 5.92 Å². The van der Waals surface area contributed by atoms with Crippen LogP contribution in [-0.4, -0.2) is 22.5 Å². The Morgan fingerprint density at radius 1 is 0.688 bits per heavy atom. The van der Waals surface area contributed by atoms with Crippen molar-refractivity contribution in [2.24, 2.45) is 5.92 Å². The highest BCUT2D eigenvalue weighted by molar-refractivity contribution is 5.87. The van der Waals surface area contributed by atoms with Crippen molar-refractivity contribution in [3.8, 4) is 0 Å². The molecule has 0 aliphatic carbocycles. The summed E-state index contributed by atoms with van der Waals surface area (Å²) >= 11 is 0. The second kappa shape index (κ2) is 20.5. The number of carbonyl (C=O) groups excluding carboxylic acids is 1. The molecule has 0 aromatic heterocycles. The van der Waals surface area contributed by atoms with Gasteiger partial charge in [0.05, 0.1) is 0 Å². The van der Waals surface area contributed by atoms with Gasteiger partial charge in [0.1, 0.15) is 5.54 Å². The van der Waals surface area contributed by atoms with E-state index >= 15 is 0 Å². The number of amides is 1. The first-order valence-corrected chi connectivity index (χ1v) is 13.9. The number of hydrogen-bond acceptors (Lipinski definition) is 2. The molecule has 4 heteroatoms. The van der Waals surface area contributed by atoms with Gasteiger partial charge in [-0.15, -0.1) is 0 Å². The minimum atomic E-state index is -1.10. The third-order valence-electron chi connectivity index (χ3n) is 6.51. The van der Waals surface area contributed by atoms with Crippen molar-refractivity contribution in [2.75, 3.05) is 0 Å². The zero-order valence-corrected chi connectivity index (χ0v) is 22.0. The Morgan fingerprint density at radius 2 is 1.09 bits per heavy atom. The Labute approximate surface area is 199 Å². The van der Waals surface area contributed by atoms with Crippen molar-refractivity contribution in [3.63, 3.8) is 0 Å². The zero-order valence-electron chi connectivity index (χ0n) is 22.0. The van der Waals surface area contributed by atoms with Crippen molar-refractivity contribution in [3.05, 3.63) is 0 Å². The monoisotopic (exact) mass is 453 g/mol. The van der Waals surface area contributed by atoms with Crippen molar-refractivity contribution in [1.29, 1.82) is 0 Å². The lowest BCUT2D eigenvalue weighted by atomic mass is 9.83. The minimum absolute atomic E-state index is 0.0874. The minimum Gasteiger partial charge on any atom is -0.480 e. The van der Waals surface area contributed by atoms with Gasteiger partial charge in [-0.25, -0.2) is 4.79 Å². The Kier molecular flexibility index (Phi) is 19.9. The van der Waals surface area contributed by atoms with E-state index in [0.717, 1.165) is 32.1 Å². The number of hydrogen-bond donors (Lipinski definition) is 2. The van der Waals surface area contributed by atoms with Crippen LogP contribution >= 0.6 is 0 Å². The van der Waals surface area contributed by atoms with Gasteiger partial charge in [-0.3, -0.25) is 4.79 Å². The van der Waals surface area contributed by atoms with Gasteiger partial charge in [0, 0.05) is 6.42 Å². The number of carboxylic acid groups (broad SMARTS) is 1. The smallest absolute Gasteiger partial charge is 0.329 e. The number of rotatable bonds is 23. The maximum atomic E-state index is 12.6. The molecule has 0 saturated carbocycles. The van der Waals surface area contributed by atoms with Crippen LogP contribution in [0.15, 0.2) is 0 Å². The fourth-order valence-corrected chi connectivity index (χ4v) is 4.65. The molecule has 0 unspecified atom stereocenters. The maximum Gasteiger partial charge on any atom is 0.329 e. The fourth-order valence-electron chi connectivity index (χ4n) is 4.65. The third-order valence-corrected chi connectivity index (χ3v) is 6.51. The molecule has 32 heavy (non-hydrogen) atoms. The molecule has 0 spiro atoms. The van der Waals surface area contributed by atoms with Crippen LogP contribution in [0.4, 0.5) is 0 Å². The lowest BCUT2D eigenvalue weighted by Crippen LogP contribution is -2.55. The molecule has 1 amide bonds. The summed E-state index contributed by atoms with van der Waals surface area (Å²) in [7, 11) is 0. The van der Waals surface area contributed by atoms with Crippen LogP contribution < -0.4 is 5.32 Å². The van der Waals surface area contributed by atoms with Crippen LogP contribution in [0.3, 0.4) is 0 Å². The summed E-state index contributed by atoms with van der Waals surface area (Å²) in [4.78, 5) is 24.9. The summed E-state index contributed by atoms with van der Waals surface area (Å²) in [6.45, 7) is 8.54. The Balaban J connectivity index is 4.34. The molecule has 2 N–H and O–H groups in total. The Morgan fingerprint density at radius 3 is 1.50 bits per heavy atom. The van der Waals surface area contributed by atoms with Gasteiger partial charge in [0.2, 0.25) is 5.91 Å². The van der Waals surface area contributed by atoms with Gasteiger partial charge in [-0.1, -0.05) is 130 Å². The topological polar surface area (TPSA) is 66.4 Å². The van der Waals surface area contributed by atoms with Gasteiger partial charge in [-0.05, 0) is 25.2 Å². The van der Waals surface area contributed by atoms with E-state index in [1.165, 1.54) is 77.0 Å². The van der Waals surface area contributed by atoms with E-state index in [2.05, 4.69) is 19.2 Å². The van der Waals surface area contributed by atoms with Crippen LogP contribution in [-0.2, 0) is 9.59 Å². The number of nitrogens with one attached hydrogen (secondary N) is 1. The van der Waals surface area contributed by atoms with E-state index in [0.29, 0.717) is 19.3 Å². The van der Waals surface area contributed by atoms with Gasteiger partial charge in [-0.2, -0.15) is 0 Å². The largest absolute Gasteiger partial charge is 0.480 e. The highest BCUT2D eigenvalue weighted by atomic mass is 16.4. The summed E-state index contributed by atoms with van der Waals surface area (Å²) in [6, 6.07) is 0. The van der Waals surface area contributed by atoms with E-state index in [1.807, 2.05) is 13.8 Å². The van der Waals surface area contributed by atoms with Crippen LogP contribution in [0.2, 0.25) is 0 Å². The molecule has 0 heterocycles. The number of unbranched alkanes of at least 4 members (excludes halogenated alkanes) is 15.